The van der Waals surface area contributed by atoms with Crippen LogP contribution < -0.4 is 0 Å². The Hall–Kier alpha value is 2.05. The van der Waals surface area contributed by atoms with E-state index in [4.69, 9.17) is 64.9 Å². The van der Waals surface area contributed by atoms with Gasteiger partial charge in [0.2, 0.25) is 0 Å². The van der Waals surface area contributed by atoms with E-state index in [1.165, 1.54) is 0 Å². The van der Waals surface area contributed by atoms with Gasteiger partial charge in [0.25, 0.3) is 0 Å². The van der Waals surface area contributed by atoms with Gasteiger partial charge in [-0.1, -0.05) is 0 Å². The first-order valence-electron chi connectivity index (χ1n) is 3.27. The molecule has 0 radical (unpaired) electrons. The van der Waals surface area contributed by atoms with Gasteiger partial charge in [-0.25, -0.2) is 42.1 Å². The number of rotatable bonds is 0. The van der Waals surface area contributed by atoms with E-state index in [2.05, 4.69) is 53.4 Å². The largest absolute Gasteiger partial charge is 3.00 e. The maximum absolute atomic E-state index is 8.84. The van der Waals surface area contributed by atoms with E-state index in [9.17, 15) is 0 Å². The third-order valence-electron chi connectivity index (χ3n) is 0. The second-order valence-electron chi connectivity index (χ2n) is 1.97. The maximum Gasteiger partial charge on any atom is 3.00 e. The summed E-state index contributed by atoms with van der Waals surface area (Å²) < 4.78 is 133. The molecule has 0 aliphatic rings. The van der Waals surface area contributed by atoms with E-state index in [1.54, 1.807) is 0 Å². The van der Waals surface area contributed by atoms with E-state index < -0.39 is 46.7 Å². The summed E-state index contributed by atoms with van der Waals surface area (Å²) in [4.78, 5) is 0. The van der Waals surface area contributed by atoms with Gasteiger partial charge in [0.1, 0.15) is 0 Å². The Morgan fingerprint density at radius 3 is 0.370 bits per heavy atom. The van der Waals surface area contributed by atoms with E-state index in [1.807, 2.05) is 0 Å². The smallest absolute Gasteiger partial charge is 0.735 e. The van der Waals surface area contributed by atoms with Crippen LogP contribution in [0.3, 0.4) is 0 Å². The average molecular weight is 660 g/mol. The van der Waals surface area contributed by atoms with Crippen molar-refractivity contribution in [2.45, 2.75) is 0 Å². The molecule has 0 saturated carbocycles. The molecule has 0 rings (SSSR count). The van der Waals surface area contributed by atoms with Crippen LogP contribution in [0.15, 0.2) is 0 Å². The third-order valence-corrected chi connectivity index (χ3v) is 0. The van der Waals surface area contributed by atoms with Crippen molar-refractivity contribution in [2.24, 2.45) is 0 Å². The van der Waals surface area contributed by atoms with Crippen molar-refractivity contribution in [1.29, 1.82) is 0 Å². The summed E-state index contributed by atoms with van der Waals surface area (Å²) in [5, 5.41) is 0. The van der Waals surface area contributed by atoms with Gasteiger partial charge in [0.05, 0.1) is 0 Å². The van der Waals surface area contributed by atoms with Crippen LogP contribution in [-0.4, -0.2) is 82.2 Å². The van der Waals surface area contributed by atoms with Gasteiger partial charge in [-0.2, -0.15) is 0 Å². The van der Waals surface area contributed by atoms with Gasteiger partial charge in [-0.15, -0.1) is 0 Å². The summed E-state index contributed by atoms with van der Waals surface area (Å²) in [6.45, 7) is 0. The zero-order chi connectivity index (χ0) is 22.5. The molecule has 0 spiro atoms. The molecule has 0 heterocycles. The Kier molecular flexibility index (Phi) is 34.8. The SMILES string of the molecule is O=S(=O)([O-])Cl.O=S(=O)([O-])Cl.O=S(=O)([O-])Cl.O=S(=O)([O-])Cl.O=S(=O)([O-])Cl.[Al+3].[Fe+2]. The molecule has 0 aromatic carbocycles. The van der Waals surface area contributed by atoms with Crippen LogP contribution >= 0.6 is 53.4 Å². The predicted octanol–water partition coefficient (Wildman–Crippen LogP) is -1.96. The Morgan fingerprint density at radius 2 is 0.370 bits per heavy atom. The van der Waals surface area contributed by atoms with Crippen LogP contribution in [0.1, 0.15) is 0 Å². The summed E-state index contributed by atoms with van der Waals surface area (Å²) in [7, 11) is -2.49. The minimum Gasteiger partial charge on any atom is -0.735 e. The molecule has 0 amide bonds. The fourth-order valence-electron chi connectivity index (χ4n) is 0. The molecule has 0 bridgehead atoms. The quantitative estimate of drug-likeness (QED) is 0.155. The van der Waals surface area contributed by atoms with Crippen molar-refractivity contribution >= 4 is 117 Å². The first kappa shape index (κ1) is 47.0. The van der Waals surface area contributed by atoms with Crippen LogP contribution in [0.25, 0.3) is 0 Å². The third kappa shape index (κ3) is 4520. The molecule has 15 nitrogen and oxygen atoms in total. The topological polar surface area (TPSA) is 286 Å². The Labute approximate surface area is 197 Å². The first-order valence-corrected chi connectivity index (χ1v) is 14.4. The number of hydrogen-bond acceptors (Lipinski definition) is 15. The van der Waals surface area contributed by atoms with Crippen LogP contribution in [-0.2, 0) is 63.7 Å². The molecular weight excluding hydrogens is 660 g/mol. The van der Waals surface area contributed by atoms with Crippen molar-refractivity contribution in [3.8, 4) is 0 Å². The molecule has 0 unspecified atom stereocenters. The molecule has 0 aromatic rings. The Bertz CT molecular complexity index is 637. The molecule has 0 aromatic heterocycles. The molecule has 27 heteroatoms. The van der Waals surface area contributed by atoms with Crippen molar-refractivity contribution in [2.75, 3.05) is 0 Å². The summed E-state index contributed by atoms with van der Waals surface area (Å²) in [6.07, 6.45) is 0. The monoisotopic (exact) mass is 658 g/mol. The molecular formula is AlCl5FeO15S5. The van der Waals surface area contributed by atoms with Crippen LogP contribution in [0.2, 0.25) is 0 Å². The molecule has 27 heavy (non-hydrogen) atoms. The molecule has 0 aliphatic carbocycles. The normalized spacial score (nSPS) is 10.7. The molecule has 166 valence electrons. The number of halogens is 5. The summed E-state index contributed by atoms with van der Waals surface area (Å²) in [5.74, 6) is 0. The maximum atomic E-state index is 8.84. The molecule has 0 fully saturated rings. The van der Waals surface area contributed by atoms with E-state index in [0.29, 0.717) is 0 Å². The number of hydrogen-bond donors (Lipinski definition) is 0. The summed E-state index contributed by atoms with van der Waals surface area (Å²) >= 11 is 0. The first-order chi connectivity index (χ1) is 10.0. The Morgan fingerprint density at radius 1 is 0.370 bits per heavy atom. The fourth-order valence-corrected chi connectivity index (χ4v) is 0. The van der Waals surface area contributed by atoms with Crippen molar-refractivity contribution < 1.29 is 81.9 Å². The van der Waals surface area contributed by atoms with Crippen LogP contribution in [0.5, 0.6) is 0 Å². The van der Waals surface area contributed by atoms with Gasteiger partial charge in [-0.3, -0.25) is 0 Å². The molecule has 0 saturated heterocycles. The van der Waals surface area contributed by atoms with E-state index >= 15 is 0 Å². The second kappa shape index (κ2) is 20.0. The molecule has 0 aliphatic heterocycles. The van der Waals surface area contributed by atoms with E-state index in [-0.39, 0.29) is 34.4 Å². The molecule has 0 atom stereocenters. The minimum atomic E-state index is -4.44. The van der Waals surface area contributed by atoms with Crippen LogP contribution in [0, 0.1) is 0 Å². The zero-order valence-corrected chi connectivity index (χ0v) is 21.1. The van der Waals surface area contributed by atoms with Gasteiger partial charge in [-0.05, 0) is 0 Å². The van der Waals surface area contributed by atoms with Crippen LogP contribution in [0.4, 0.5) is 0 Å². The average Bonchev–Trinajstić information content (AvgIpc) is 1.79. The fraction of sp³-hybridized carbons (Fsp3) is 0. The summed E-state index contributed by atoms with van der Waals surface area (Å²) in [6, 6.07) is 0. The standard InChI is InChI=1S/Al.5ClHO3S.Fe/c;5*1-5(2,3)4;/h;5*(H,2,3,4);/q+3;;;;;;+2/p-5. The van der Waals surface area contributed by atoms with E-state index in [0.717, 1.165) is 0 Å². The molecule has 0 N–H and O–H groups in total. The van der Waals surface area contributed by atoms with Gasteiger partial charge < -0.3 is 22.8 Å². The van der Waals surface area contributed by atoms with Crippen molar-refractivity contribution in [1.82, 2.24) is 0 Å². The van der Waals surface area contributed by atoms with Gasteiger partial charge in [0, 0.05) is 53.4 Å². The zero-order valence-electron chi connectivity index (χ0n) is 11.0. The Balaban J connectivity index is -0.0000000364. The minimum absolute atomic E-state index is 0. The van der Waals surface area contributed by atoms with Crippen molar-refractivity contribution in [3.05, 3.63) is 0 Å². The van der Waals surface area contributed by atoms with Gasteiger partial charge >= 0.3 is 34.4 Å². The second-order valence-corrected chi connectivity index (χ2v) is 11.6. The summed E-state index contributed by atoms with van der Waals surface area (Å²) in [5.41, 5.74) is 0. The van der Waals surface area contributed by atoms with Crippen molar-refractivity contribution in [3.63, 3.8) is 0 Å². The van der Waals surface area contributed by atoms with Gasteiger partial charge in [0.15, 0.2) is 46.7 Å². The predicted molar refractivity (Wildman–Crippen MR) is 83.5 cm³/mol.